The molecule has 0 aliphatic carbocycles. The molecule has 0 spiro atoms. The van der Waals surface area contributed by atoms with Crippen molar-refractivity contribution in [2.45, 2.75) is 13.8 Å². The van der Waals surface area contributed by atoms with Gasteiger partial charge in [0, 0.05) is 23.2 Å². The van der Waals surface area contributed by atoms with Crippen molar-refractivity contribution in [3.05, 3.63) is 103 Å². The van der Waals surface area contributed by atoms with Gasteiger partial charge < -0.3 is 0 Å². The standard InChI is InChI=1S/C22H17N5O4S/c1-14-13-32-22(23-14)25(16-8-4-3-5-9-16)21(29)20-19(28)12-15(2)26(24-20)17-10-6-7-11-18(17)27(30)31/h3-13H,1-2H3. The Bertz CT molecular complexity index is 1380. The lowest BCUT2D eigenvalue weighted by atomic mass is 10.2. The fourth-order valence-corrected chi connectivity index (χ4v) is 4.00. The number of benzene rings is 2. The van der Waals surface area contributed by atoms with E-state index in [9.17, 15) is 19.7 Å². The number of hydrogen-bond acceptors (Lipinski definition) is 7. The Labute approximate surface area is 186 Å². The number of nitrogens with zero attached hydrogens (tertiary/aromatic N) is 5. The molecule has 4 rings (SSSR count). The Balaban J connectivity index is 1.89. The van der Waals surface area contributed by atoms with Gasteiger partial charge in [0.2, 0.25) is 5.43 Å². The molecule has 0 atom stereocenters. The number of para-hydroxylation sites is 3. The van der Waals surface area contributed by atoms with Crippen LogP contribution in [0.4, 0.5) is 16.5 Å². The van der Waals surface area contributed by atoms with Crippen LogP contribution in [0, 0.1) is 24.0 Å². The summed E-state index contributed by atoms with van der Waals surface area (Å²) in [6, 6.07) is 16.0. The molecule has 32 heavy (non-hydrogen) atoms. The molecule has 0 aliphatic rings. The molecule has 0 fully saturated rings. The topological polar surface area (TPSA) is 111 Å². The van der Waals surface area contributed by atoms with Crippen LogP contribution >= 0.6 is 11.3 Å². The van der Waals surface area contributed by atoms with Crippen molar-refractivity contribution in [1.82, 2.24) is 14.8 Å². The van der Waals surface area contributed by atoms with E-state index < -0.39 is 16.3 Å². The molecule has 2 heterocycles. The summed E-state index contributed by atoms with van der Waals surface area (Å²) in [5.74, 6) is -0.678. The molecule has 10 heteroatoms. The van der Waals surface area contributed by atoms with Gasteiger partial charge in [0.25, 0.3) is 11.6 Å². The second-order valence-electron chi connectivity index (χ2n) is 6.90. The van der Waals surface area contributed by atoms with Crippen LogP contribution in [-0.2, 0) is 0 Å². The number of carbonyl (C=O) groups excluding carboxylic acids is 1. The number of thiazole rings is 1. The number of hydrogen-bond donors (Lipinski definition) is 0. The van der Waals surface area contributed by atoms with Gasteiger partial charge in [0.1, 0.15) is 5.69 Å². The van der Waals surface area contributed by atoms with Gasteiger partial charge in [0.05, 0.1) is 16.3 Å². The van der Waals surface area contributed by atoms with Crippen LogP contribution in [0.15, 0.2) is 70.8 Å². The first-order chi connectivity index (χ1) is 15.4. The molecule has 2 aromatic heterocycles. The van der Waals surface area contributed by atoms with Crippen LogP contribution in [-0.4, -0.2) is 25.6 Å². The maximum atomic E-state index is 13.6. The van der Waals surface area contributed by atoms with Gasteiger partial charge in [-0.15, -0.1) is 11.3 Å². The van der Waals surface area contributed by atoms with Crippen LogP contribution in [0.2, 0.25) is 0 Å². The van der Waals surface area contributed by atoms with Crippen molar-refractivity contribution in [2.24, 2.45) is 0 Å². The fraction of sp³-hybridized carbons (Fsp3) is 0.0909. The van der Waals surface area contributed by atoms with Gasteiger partial charge in [-0.1, -0.05) is 30.3 Å². The summed E-state index contributed by atoms with van der Waals surface area (Å²) >= 11 is 1.26. The third kappa shape index (κ3) is 3.91. The number of rotatable bonds is 5. The quantitative estimate of drug-likeness (QED) is 0.335. The highest BCUT2D eigenvalue weighted by Crippen LogP contribution is 2.30. The SMILES string of the molecule is Cc1csc(N(C(=O)c2nn(-c3ccccc3[N+](=O)[O-])c(C)cc2=O)c2ccccc2)n1. The van der Waals surface area contributed by atoms with Crippen molar-refractivity contribution >= 4 is 33.8 Å². The average Bonchev–Trinajstić information content (AvgIpc) is 3.20. The van der Waals surface area contributed by atoms with Gasteiger partial charge in [-0.25, -0.2) is 9.67 Å². The molecule has 1 amide bonds. The maximum absolute atomic E-state index is 13.6. The highest BCUT2D eigenvalue weighted by molar-refractivity contribution is 7.14. The first-order valence-corrected chi connectivity index (χ1v) is 10.4. The third-order valence-electron chi connectivity index (χ3n) is 4.63. The summed E-state index contributed by atoms with van der Waals surface area (Å²) in [5.41, 5.74) is 0.610. The van der Waals surface area contributed by atoms with Crippen LogP contribution in [0.5, 0.6) is 0 Å². The van der Waals surface area contributed by atoms with E-state index in [0.717, 1.165) is 5.69 Å². The molecule has 2 aromatic carbocycles. The summed E-state index contributed by atoms with van der Waals surface area (Å²) in [5, 5.41) is 17.9. The molecule has 0 N–H and O–H groups in total. The van der Waals surface area contributed by atoms with Crippen molar-refractivity contribution in [3.8, 4) is 5.69 Å². The molecule has 0 radical (unpaired) electrons. The number of anilines is 2. The lowest BCUT2D eigenvalue weighted by molar-refractivity contribution is -0.384. The van der Waals surface area contributed by atoms with Gasteiger partial charge in [-0.2, -0.15) is 5.10 Å². The van der Waals surface area contributed by atoms with E-state index in [0.29, 0.717) is 16.5 Å². The van der Waals surface area contributed by atoms with Gasteiger partial charge >= 0.3 is 0 Å². The zero-order valence-electron chi connectivity index (χ0n) is 17.1. The minimum Gasteiger partial charge on any atom is -0.287 e. The van der Waals surface area contributed by atoms with E-state index in [1.165, 1.54) is 45.2 Å². The molecule has 0 bridgehead atoms. The molecule has 0 saturated carbocycles. The van der Waals surface area contributed by atoms with Crippen LogP contribution in [0.1, 0.15) is 21.9 Å². The number of aromatic nitrogens is 3. The highest BCUT2D eigenvalue weighted by atomic mass is 32.1. The first-order valence-electron chi connectivity index (χ1n) is 9.53. The molecule has 160 valence electrons. The number of carbonyl (C=O) groups is 1. The zero-order valence-corrected chi connectivity index (χ0v) is 17.9. The monoisotopic (exact) mass is 447 g/mol. The fourth-order valence-electron chi connectivity index (χ4n) is 3.18. The summed E-state index contributed by atoms with van der Waals surface area (Å²) < 4.78 is 1.24. The summed E-state index contributed by atoms with van der Waals surface area (Å²) in [6.07, 6.45) is 0. The Kier molecular flexibility index (Phi) is 5.61. The normalized spacial score (nSPS) is 10.7. The Morgan fingerprint density at radius 3 is 2.44 bits per heavy atom. The third-order valence-corrected chi connectivity index (χ3v) is 5.58. The molecule has 0 aliphatic heterocycles. The average molecular weight is 447 g/mol. The van der Waals surface area contributed by atoms with Crippen LogP contribution < -0.4 is 10.3 Å². The smallest absolute Gasteiger partial charge is 0.287 e. The largest absolute Gasteiger partial charge is 0.294 e. The van der Waals surface area contributed by atoms with Crippen molar-refractivity contribution < 1.29 is 9.72 Å². The van der Waals surface area contributed by atoms with Crippen molar-refractivity contribution in [3.63, 3.8) is 0 Å². The van der Waals surface area contributed by atoms with Gasteiger partial charge in [0.15, 0.2) is 10.8 Å². The second-order valence-corrected chi connectivity index (χ2v) is 7.74. The molecular weight excluding hydrogens is 430 g/mol. The lowest BCUT2D eigenvalue weighted by Gasteiger charge is -2.20. The minimum absolute atomic E-state index is 0.153. The van der Waals surface area contributed by atoms with Gasteiger partial charge in [-0.05, 0) is 32.0 Å². The van der Waals surface area contributed by atoms with E-state index >= 15 is 0 Å². The Morgan fingerprint density at radius 2 is 1.78 bits per heavy atom. The van der Waals surface area contributed by atoms with Crippen molar-refractivity contribution in [2.75, 3.05) is 4.90 Å². The predicted octanol–water partition coefficient (Wildman–Crippen LogP) is 4.19. The summed E-state index contributed by atoms with van der Waals surface area (Å²) in [4.78, 5) is 43.0. The summed E-state index contributed by atoms with van der Waals surface area (Å²) in [6.45, 7) is 3.40. The lowest BCUT2D eigenvalue weighted by Crippen LogP contribution is -2.33. The number of nitro benzene ring substituents is 1. The molecular formula is C22H17N5O4S. The van der Waals surface area contributed by atoms with Gasteiger partial charge in [-0.3, -0.25) is 24.6 Å². The Hall–Kier alpha value is -4.18. The number of nitro groups is 1. The molecule has 0 saturated heterocycles. The first kappa shape index (κ1) is 21.1. The van der Waals surface area contributed by atoms with Crippen LogP contribution in [0.3, 0.4) is 0 Å². The summed E-state index contributed by atoms with van der Waals surface area (Å²) in [7, 11) is 0. The highest BCUT2D eigenvalue weighted by Gasteiger charge is 2.27. The minimum atomic E-state index is -0.678. The van der Waals surface area contributed by atoms with E-state index in [1.807, 2.05) is 6.07 Å². The van der Waals surface area contributed by atoms with E-state index in [2.05, 4.69) is 10.1 Å². The number of amides is 1. The van der Waals surface area contributed by atoms with E-state index in [1.54, 1.807) is 49.6 Å². The molecule has 0 unspecified atom stereocenters. The van der Waals surface area contributed by atoms with E-state index in [4.69, 9.17) is 0 Å². The van der Waals surface area contributed by atoms with Crippen molar-refractivity contribution in [1.29, 1.82) is 0 Å². The van der Waals surface area contributed by atoms with Crippen LogP contribution in [0.25, 0.3) is 5.69 Å². The van der Waals surface area contributed by atoms with E-state index in [-0.39, 0.29) is 17.1 Å². The molecule has 4 aromatic rings. The zero-order chi connectivity index (χ0) is 22.8. The second kappa shape index (κ2) is 8.52. The molecule has 9 nitrogen and oxygen atoms in total. The Morgan fingerprint density at radius 1 is 1.09 bits per heavy atom. The number of aryl methyl sites for hydroxylation is 2. The maximum Gasteiger partial charge on any atom is 0.294 e. The predicted molar refractivity (Wildman–Crippen MR) is 121 cm³/mol.